The van der Waals surface area contributed by atoms with Gasteiger partial charge in [0.25, 0.3) is 0 Å². The molecule has 20 heavy (non-hydrogen) atoms. The lowest BCUT2D eigenvalue weighted by molar-refractivity contribution is 0.0511. The van der Waals surface area contributed by atoms with Crippen LogP contribution in [0.15, 0.2) is 53.6 Å². The fraction of sp³-hybridized carbons (Fsp3) is 0.389. The molecule has 2 nitrogen and oxygen atoms in total. The number of carbonyl (C=O) groups is 1. The summed E-state index contributed by atoms with van der Waals surface area (Å²) in [6.07, 6.45) is 7.31. The van der Waals surface area contributed by atoms with Crippen LogP contribution in [0.1, 0.15) is 50.4 Å². The van der Waals surface area contributed by atoms with Gasteiger partial charge in [-0.3, -0.25) is 0 Å². The summed E-state index contributed by atoms with van der Waals surface area (Å²) in [6, 6.07) is 9.09. The predicted molar refractivity (Wildman–Crippen MR) is 83.8 cm³/mol. The van der Waals surface area contributed by atoms with Crippen molar-refractivity contribution in [3.05, 3.63) is 59.2 Å². The number of ether oxygens (including phenoxy) is 1. The fourth-order valence-corrected chi connectivity index (χ4v) is 1.81. The first-order valence-corrected chi connectivity index (χ1v) is 7.11. The summed E-state index contributed by atoms with van der Waals surface area (Å²) >= 11 is 0. The topological polar surface area (TPSA) is 26.3 Å². The van der Waals surface area contributed by atoms with Gasteiger partial charge in [0, 0.05) is 0 Å². The van der Waals surface area contributed by atoms with Crippen LogP contribution >= 0.6 is 0 Å². The van der Waals surface area contributed by atoms with E-state index in [1.807, 2.05) is 18.2 Å². The Morgan fingerprint density at radius 2 is 1.75 bits per heavy atom. The molecule has 0 aliphatic rings. The van der Waals surface area contributed by atoms with E-state index in [1.54, 1.807) is 12.1 Å². The van der Waals surface area contributed by atoms with Crippen molar-refractivity contribution in [2.75, 3.05) is 6.61 Å². The van der Waals surface area contributed by atoms with Gasteiger partial charge < -0.3 is 4.74 Å². The third-order valence-electron chi connectivity index (χ3n) is 2.94. The Bertz CT molecular complexity index is 465. The van der Waals surface area contributed by atoms with Gasteiger partial charge in [-0.2, -0.15) is 0 Å². The molecule has 0 fully saturated rings. The summed E-state index contributed by atoms with van der Waals surface area (Å²) in [6.45, 7) is 6.79. The Labute approximate surface area is 122 Å². The molecule has 0 saturated carbocycles. The molecule has 108 valence electrons. The van der Waals surface area contributed by atoms with E-state index in [0.717, 1.165) is 19.3 Å². The normalized spacial score (nSPS) is 11.1. The Balaban J connectivity index is 2.24. The maximum absolute atomic E-state index is 11.7. The molecular formula is C18H24O2. The smallest absolute Gasteiger partial charge is 0.338 e. The molecule has 0 aliphatic heterocycles. The highest BCUT2D eigenvalue weighted by atomic mass is 16.5. The molecule has 0 unspecified atom stereocenters. The number of benzene rings is 1. The van der Waals surface area contributed by atoms with Gasteiger partial charge in [-0.05, 0) is 52.2 Å². The Hall–Kier alpha value is -1.83. The van der Waals surface area contributed by atoms with Crippen LogP contribution in [0.25, 0.3) is 0 Å². The van der Waals surface area contributed by atoms with E-state index >= 15 is 0 Å². The fourth-order valence-electron chi connectivity index (χ4n) is 1.81. The maximum Gasteiger partial charge on any atom is 0.338 e. The minimum absolute atomic E-state index is 0.249. The summed E-state index contributed by atoms with van der Waals surface area (Å²) in [7, 11) is 0. The number of rotatable bonds is 7. The SMILES string of the molecule is CC(C)=CCC/C(C)=C/CCOC(=O)c1ccccc1. The zero-order valence-electron chi connectivity index (χ0n) is 12.7. The van der Waals surface area contributed by atoms with E-state index in [9.17, 15) is 4.79 Å². The van der Waals surface area contributed by atoms with Crippen molar-refractivity contribution in [2.24, 2.45) is 0 Å². The van der Waals surface area contributed by atoms with Gasteiger partial charge in [0.1, 0.15) is 0 Å². The second-order valence-corrected chi connectivity index (χ2v) is 5.16. The Morgan fingerprint density at radius 3 is 2.40 bits per heavy atom. The van der Waals surface area contributed by atoms with Crippen molar-refractivity contribution in [2.45, 2.75) is 40.0 Å². The first-order chi connectivity index (χ1) is 9.59. The van der Waals surface area contributed by atoms with Crippen LogP contribution in [-0.4, -0.2) is 12.6 Å². The molecule has 0 amide bonds. The maximum atomic E-state index is 11.7. The quantitative estimate of drug-likeness (QED) is 0.400. The van der Waals surface area contributed by atoms with E-state index in [1.165, 1.54) is 11.1 Å². The summed E-state index contributed by atoms with van der Waals surface area (Å²) in [5, 5.41) is 0. The van der Waals surface area contributed by atoms with Gasteiger partial charge in [0.2, 0.25) is 0 Å². The average molecular weight is 272 g/mol. The van der Waals surface area contributed by atoms with Crippen molar-refractivity contribution in [3.8, 4) is 0 Å². The van der Waals surface area contributed by atoms with Crippen LogP contribution in [0.4, 0.5) is 0 Å². The lowest BCUT2D eigenvalue weighted by atomic mass is 10.1. The van der Waals surface area contributed by atoms with Gasteiger partial charge in [0.15, 0.2) is 0 Å². The molecule has 0 aromatic heterocycles. The van der Waals surface area contributed by atoms with Crippen LogP contribution in [-0.2, 0) is 4.74 Å². The van der Waals surface area contributed by atoms with Gasteiger partial charge in [-0.25, -0.2) is 4.79 Å². The average Bonchev–Trinajstić information content (AvgIpc) is 2.44. The minimum Gasteiger partial charge on any atom is -0.462 e. The molecule has 0 radical (unpaired) electrons. The second-order valence-electron chi connectivity index (χ2n) is 5.16. The van der Waals surface area contributed by atoms with Gasteiger partial charge in [0.05, 0.1) is 12.2 Å². The van der Waals surface area contributed by atoms with Crippen LogP contribution < -0.4 is 0 Å². The predicted octanol–water partition coefficient (Wildman–Crippen LogP) is 4.93. The van der Waals surface area contributed by atoms with Crippen LogP contribution in [0, 0.1) is 0 Å². The lowest BCUT2D eigenvalue weighted by Gasteiger charge is -2.03. The molecule has 0 bridgehead atoms. The zero-order valence-corrected chi connectivity index (χ0v) is 12.7. The van der Waals surface area contributed by atoms with Crippen LogP contribution in [0.5, 0.6) is 0 Å². The first kappa shape index (κ1) is 16.2. The van der Waals surface area contributed by atoms with Crippen molar-refractivity contribution in [3.63, 3.8) is 0 Å². The highest BCUT2D eigenvalue weighted by Gasteiger charge is 2.04. The zero-order chi connectivity index (χ0) is 14.8. The van der Waals surface area contributed by atoms with E-state index in [4.69, 9.17) is 4.74 Å². The van der Waals surface area contributed by atoms with Crippen molar-refractivity contribution < 1.29 is 9.53 Å². The summed E-state index contributed by atoms with van der Waals surface area (Å²) in [5.74, 6) is -0.249. The molecular weight excluding hydrogens is 248 g/mol. The Kier molecular flexibility index (Phi) is 7.41. The molecule has 0 atom stereocenters. The molecule has 0 heterocycles. The third kappa shape index (κ3) is 6.93. The van der Waals surface area contributed by atoms with Crippen molar-refractivity contribution in [1.29, 1.82) is 0 Å². The van der Waals surface area contributed by atoms with Crippen molar-refractivity contribution in [1.82, 2.24) is 0 Å². The molecule has 0 spiro atoms. The minimum atomic E-state index is -0.249. The van der Waals surface area contributed by atoms with Gasteiger partial charge in [-0.1, -0.05) is 41.5 Å². The Morgan fingerprint density at radius 1 is 1.05 bits per heavy atom. The van der Waals surface area contributed by atoms with Gasteiger partial charge >= 0.3 is 5.97 Å². The van der Waals surface area contributed by atoms with E-state index < -0.39 is 0 Å². The summed E-state index contributed by atoms with van der Waals surface area (Å²) < 4.78 is 5.23. The molecule has 2 heteroatoms. The third-order valence-corrected chi connectivity index (χ3v) is 2.94. The molecule has 0 aliphatic carbocycles. The van der Waals surface area contributed by atoms with E-state index in [2.05, 4.69) is 32.9 Å². The lowest BCUT2D eigenvalue weighted by Crippen LogP contribution is -2.05. The molecule has 1 aromatic carbocycles. The number of carbonyl (C=O) groups excluding carboxylic acids is 1. The number of esters is 1. The van der Waals surface area contributed by atoms with E-state index in [0.29, 0.717) is 12.2 Å². The molecule has 0 N–H and O–H groups in total. The standard InChI is InChI=1S/C18H24O2/c1-15(2)9-7-10-16(3)11-8-14-20-18(19)17-12-5-4-6-13-17/h4-6,9,11-13H,7-8,10,14H2,1-3H3/b16-11+. The summed E-state index contributed by atoms with van der Waals surface area (Å²) in [4.78, 5) is 11.7. The number of hydrogen-bond acceptors (Lipinski definition) is 2. The van der Waals surface area contributed by atoms with Crippen molar-refractivity contribution >= 4 is 5.97 Å². The molecule has 0 saturated heterocycles. The van der Waals surface area contributed by atoms with Crippen LogP contribution in [0.2, 0.25) is 0 Å². The first-order valence-electron chi connectivity index (χ1n) is 7.11. The number of allylic oxidation sites excluding steroid dienone is 3. The monoisotopic (exact) mass is 272 g/mol. The highest BCUT2D eigenvalue weighted by Crippen LogP contribution is 2.08. The second kappa shape index (κ2) is 9.13. The van der Waals surface area contributed by atoms with E-state index in [-0.39, 0.29) is 5.97 Å². The van der Waals surface area contributed by atoms with Gasteiger partial charge in [-0.15, -0.1) is 0 Å². The van der Waals surface area contributed by atoms with Crippen LogP contribution in [0.3, 0.4) is 0 Å². The highest BCUT2D eigenvalue weighted by molar-refractivity contribution is 5.89. The summed E-state index contributed by atoms with van der Waals surface area (Å²) in [5.41, 5.74) is 3.31. The molecule has 1 rings (SSSR count). The number of hydrogen-bond donors (Lipinski definition) is 0. The molecule has 1 aromatic rings. The largest absolute Gasteiger partial charge is 0.462 e.